The third kappa shape index (κ3) is 3.61. The molecule has 2 aromatic rings. The minimum absolute atomic E-state index is 0.193. The maximum atomic E-state index is 11.9. The van der Waals surface area contributed by atoms with Gasteiger partial charge in [-0.3, -0.25) is 15.3 Å². The molecule has 0 aliphatic heterocycles. The van der Waals surface area contributed by atoms with E-state index in [4.69, 9.17) is 9.94 Å². The predicted molar refractivity (Wildman–Crippen MR) is 88.3 cm³/mol. The first-order chi connectivity index (χ1) is 11.7. The standard InChI is InChI=1S/C18H16N2O4/c21-17(20-23)15-8-13-6-7-16(10-14(13)9-15)19-18(22)24-11-12-4-2-1-3-5-12/h1-7,9-10,23H,8,11H2,(H,19,22)(H,20,21). The van der Waals surface area contributed by atoms with Gasteiger partial charge in [0.1, 0.15) is 6.61 Å². The van der Waals surface area contributed by atoms with Crippen LogP contribution in [0.4, 0.5) is 10.5 Å². The maximum absolute atomic E-state index is 11.9. The Morgan fingerprint density at radius 3 is 2.67 bits per heavy atom. The number of carbonyl (C=O) groups excluding carboxylic acids is 2. The fourth-order valence-corrected chi connectivity index (χ4v) is 2.51. The number of nitrogens with one attached hydrogen (secondary N) is 2. The van der Waals surface area contributed by atoms with Gasteiger partial charge >= 0.3 is 6.09 Å². The van der Waals surface area contributed by atoms with Gasteiger partial charge < -0.3 is 4.74 Å². The summed E-state index contributed by atoms with van der Waals surface area (Å²) in [7, 11) is 0. The molecular formula is C18H16N2O4. The Morgan fingerprint density at radius 1 is 1.12 bits per heavy atom. The molecule has 6 heteroatoms. The van der Waals surface area contributed by atoms with Crippen LogP contribution in [0.2, 0.25) is 0 Å². The minimum atomic E-state index is -0.547. The second-order valence-electron chi connectivity index (χ2n) is 5.39. The second kappa shape index (κ2) is 6.97. The maximum Gasteiger partial charge on any atom is 0.411 e. The van der Waals surface area contributed by atoms with Crippen LogP contribution in [0.15, 0.2) is 54.1 Å². The van der Waals surface area contributed by atoms with Crippen molar-refractivity contribution in [2.45, 2.75) is 13.0 Å². The summed E-state index contributed by atoms with van der Waals surface area (Å²) >= 11 is 0. The van der Waals surface area contributed by atoms with Gasteiger partial charge in [-0.2, -0.15) is 0 Å². The molecule has 0 saturated heterocycles. The molecule has 0 bridgehead atoms. The monoisotopic (exact) mass is 324 g/mol. The molecule has 0 fully saturated rings. The fraction of sp³-hybridized carbons (Fsp3) is 0.111. The van der Waals surface area contributed by atoms with E-state index in [0.29, 0.717) is 17.7 Å². The summed E-state index contributed by atoms with van der Waals surface area (Å²) in [6.07, 6.45) is 1.58. The molecule has 1 aliphatic carbocycles. The van der Waals surface area contributed by atoms with E-state index in [1.54, 1.807) is 23.7 Å². The predicted octanol–water partition coefficient (Wildman–Crippen LogP) is 2.88. The molecule has 2 aromatic carbocycles. The average molecular weight is 324 g/mol. The van der Waals surface area contributed by atoms with Gasteiger partial charge in [0, 0.05) is 17.7 Å². The van der Waals surface area contributed by atoms with E-state index in [9.17, 15) is 9.59 Å². The topological polar surface area (TPSA) is 87.7 Å². The Balaban J connectivity index is 1.61. The summed E-state index contributed by atoms with van der Waals surface area (Å²) in [5.74, 6) is -0.525. The molecule has 0 atom stereocenters. The highest BCUT2D eigenvalue weighted by Crippen LogP contribution is 2.27. The van der Waals surface area contributed by atoms with Crippen LogP contribution in [0.5, 0.6) is 0 Å². The lowest BCUT2D eigenvalue weighted by molar-refractivity contribution is -0.125. The number of rotatable bonds is 4. The van der Waals surface area contributed by atoms with Crippen molar-refractivity contribution in [3.05, 3.63) is 70.8 Å². The van der Waals surface area contributed by atoms with Gasteiger partial charge in [0.15, 0.2) is 0 Å². The number of ether oxygens (including phenoxy) is 1. The van der Waals surface area contributed by atoms with Gasteiger partial charge in [-0.1, -0.05) is 36.4 Å². The van der Waals surface area contributed by atoms with E-state index in [0.717, 1.165) is 16.7 Å². The first-order valence-electron chi connectivity index (χ1n) is 7.41. The average Bonchev–Trinajstić information content (AvgIpc) is 3.03. The van der Waals surface area contributed by atoms with Gasteiger partial charge in [0.2, 0.25) is 0 Å². The minimum Gasteiger partial charge on any atom is -0.444 e. The van der Waals surface area contributed by atoms with Crippen LogP contribution in [0.25, 0.3) is 6.08 Å². The van der Waals surface area contributed by atoms with Gasteiger partial charge in [-0.15, -0.1) is 0 Å². The molecule has 3 rings (SSSR count). The van der Waals surface area contributed by atoms with Gasteiger partial charge in [-0.05, 0) is 34.9 Å². The lowest BCUT2D eigenvalue weighted by Gasteiger charge is -2.08. The molecule has 0 saturated carbocycles. The SMILES string of the molecule is O=C(Nc1ccc2c(c1)C=C(C(=O)NO)C2)OCc1ccccc1. The largest absolute Gasteiger partial charge is 0.444 e. The van der Waals surface area contributed by atoms with Crippen molar-refractivity contribution in [3.8, 4) is 0 Å². The zero-order valence-electron chi connectivity index (χ0n) is 12.8. The Bertz CT molecular complexity index is 800. The van der Waals surface area contributed by atoms with Crippen molar-refractivity contribution < 1.29 is 19.5 Å². The van der Waals surface area contributed by atoms with Crippen molar-refractivity contribution in [2.24, 2.45) is 0 Å². The van der Waals surface area contributed by atoms with E-state index in [1.165, 1.54) is 0 Å². The van der Waals surface area contributed by atoms with Crippen LogP contribution < -0.4 is 10.8 Å². The fourth-order valence-electron chi connectivity index (χ4n) is 2.51. The molecule has 122 valence electrons. The molecule has 3 N–H and O–H groups in total. The van der Waals surface area contributed by atoms with Crippen molar-refractivity contribution in [1.29, 1.82) is 0 Å². The highest BCUT2D eigenvalue weighted by molar-refractivity contribution is 6.00. The summed E-state index contributed by atoms with van der Waals surface area (Å²) in [6.45, 7) is 0.193. The molecule has 2 amide bonds. The molecule has 1 aliphatic rings. The quantitative estimate of drug-likeness (QED) is 0.596. The number of hydrogen-bond donors (Lipinski definition) is 3. The summed E-state index contributed by atoms with van der Waals surface area (Å²) in [6, 6.07) is 14.7. The number of hydroxylamine groups is 1. The highest BCUT2D eigenvalue weighted by Gasteiger charge is 2.18. The third-order valence-electron chi connectivity index (χ3n) is 3.71. The summed E-state index contributed by atoms with van der Waals surface area (Å²) in [5, 5.41) is 11.3. The lowest BCUT2D eigenvalue weighted by atomic mass is 10.1. The van der Waals surface area contributed by atoms with Crippen molar-refractivity contribution in [2.75, 3.05) is 5.32 Å². The van der Waals surface area contributed by atoms with Crippen LogP contribution in [-0.2, 0) is 22.6 Å². The lowest BCUT2D eigenvalue weighted by Crippen LogP contribution is -2.20. The summed E-state index contributed by atoms with van der Waals surface area (Å²) in [4.78, 5) is 23.3. The molecule has 0 radical (unpaired) electrons. The van der Waals surface area contributed by atoms with E-state index < -0.39 is 12.0 Å². The zero-order chi connectivity index (χ0) is 16.9. The molecule has 24 heavy (non-hydrogen) atoms. The number of hydrogen-bond acceptors (Lipinski definition) is 4. The molecule has 0 heterocycles. The molecule has 6 nitrogen and oxygen atoms in total. The number of amides is 2. The second-order valence-corrected chi connectivity index (χ2v) is 5.39. The van der Waals surface area contributed by atoms with Gasteiger partial charge in [-0.25, -0.2) is 10.3 Å². The van der Waals surface area contributed by atoms with E-state index >= 15 is 0 Å². The molecule has 0 unspecified atom stereocenters. The van der Waals surface area contributed by atoms with Crippen molar-refractivity contribution >= 4 is 23.8 Å². The van der Waals surface area contributed by atoms with Crippen LogP contribution >= 0.6 is 0 Å². The Morgan fingerprint density at radius 2 is 1.92 bits per heavy atom. The van der Waals surface area contributed by atoms with Crippen LogP contribution in [0, 0.1) is 0 Å². The van der Waals surface area contributed by atoms with Crippen molar-refractivity contribution in [3.63, 3.8) is 0 Å². The Hall–Kier alpha value is -3.12. The Kier molecular flexibility index (Phi) is 4.58. The number of carbonyl (C=O) groups is 2. The van der Waals surface area contributed by atoms with E-state index in [-0.39, 0.29) is 6.61 Å². The first kappa shape index (κ1) is 15.8. The number of fused-ring (bicyclic) bond motifs is 1. The highest BCUT2D eigenvalue weighted by atomic mass is 16.5. The molecule has 0 aromatic heterocycles. The van der Waals surface area contributed by atoms with E-state index in [1.807, 2.05) is 36.4 Å². The van der Waals surface area contributed by atoms with Crippen molar-refractivity contribution in [1.82, 2.24) is 5.48 Å². The van der Waals surface area contributed by atoms with Crippen LogP contribution in [0.1, 0.15) is 16.7 Å². The van der Waals surface area contributed by atoms with Crippen LogP contribution in [0.3, 0.4) is 0 Å². The Labute approximate surface area is 138 Å². The van der Waals surface area contributed by atoms with Crippen LogP contribution in [-0.4, -0.2) is 17.2 Å². The smallest absolute Gasteiger partial charge is 0.411 e. The number of benzene rings is 2. The first-order valence-corrected chi connectivity index (χ1v) is 7.41. The van der Waals surface area contributed by atoms with E-state index in [2.05, 4.69) is 5.32 Å². The zero-order valence-corrected chi connectivity index (χ0v) is 12.8. The summed E-state index contributed by atoms with van der Waals surface area (Å²) < 4.78 is 5.17. The molecule has 0 spiro atoms. The summed E-state index contributed by atoms with van der Waals surface area (Å²) in [5.41, 5.74) is 5.36. The molecular weight excluding hydrogens is 308 g/mol. The third-order valence-corrected chi connectivity index (χ3v) is 3.71. The van der Waals surface area contributed by atoms with Gasteiger partial charge in [0.25, 0.3) is 5.91 Å². The normalized spacial score (nSPS) is 12.1. The number of anilines is 1. The van der Waals surface area contributed by atoms with Gasteiger partial charge in [0.05, 0.1) is 0 Å².